The van der Waals surface area contributed by atoms with E-state index in [2.05, 4.69) is 11.1 Å². The van der Waals surface area contributed by atoms with E-state index in [1.807, 2.05) is 0 Å². The second-order valence-corrected chi connectivity index (χ2v) is 3.69. The topological polar surface area (TPSA) is 59.0 Å². The lowest BCUT2D eigenvalue weighted by Crippen LogP contribution is -1.88. The Hall–Kier alpha value is -2.80. The van der Waals surface area contributed by atoms with Gasteiger partial charge >= 0.3 is 0 Å². The average molecular weight is 236 g/mol. The van der Waals surface area contributed by atoms with Crippen molar-refractivity contribution in [3.8, 4) is 17.7 Å². The minimum absolute atomic E-state index is 0.469. The van der Waals surface area contributed by atoms with Crippen LogP contribution in [0.15, 0.2) is 53.3 Å². The van der Waals surface area contributed by atoms with Gasteiger partial charge in [-0.2, -0.15) is 5.26 Å². The Morgan fingerprint density at radius 3 is 3.06 bits per heavy atom. The van der Waals surface area contributed by atoms with Gasteiger partial charge in [-0.15, -0.1) is 0 Å². The summed E-state index contributed by atoms with van der Waals surface area (Å²) >= 11 is 0. The summed E-state index contributed by atoms with van der Waals surface area (Å²) in [5.74, 6) is 1.05. The number of pyridine rings is 1. The highest BCUT2D eigenvalue weighted by molar-refractivity contribution is 5.82. The highest BCUT2D eigenvalue weighted by Gasteiger charge is 2.07. The zero-order chi connectivity index (χ0) is 12.4. The predicted molar refractivity (Wildman–Crippen MR) is 65.2 cm³/mol. The van der Waals surface area contributed by atoms with E-state index >= 15 is 0 Å². The van der Waals surface area contributed by atoms with E-state index in [1.165, 1.54) is 0 Å². The van der Waals surface area contributed by atoms with Gasteiger partial charge < -0.3 is 9.15 Å². The number of ether oxygens (including phenoxy) is 1. The number of furan rings is 1. The van der Waals surface area contributed by atoms with Crippen LogP contribution < -0.4 is 4.74 Å². The fourth-order valence-corrected chi connectivity index (χ4v) is 1.69. The standard InChI is InChI=1S/C14H8N2O2/c15-9-10-2-1-3-11(8-10)18-14-12-5-7-17-13(12)4-6-16-14/h1-8H. The summed E-state index contributed by atoms with van der Waals surface area (Å²) in [7, 11) is 0. The molecule has 0 amide bonds. The van der Waals surface area contributed by atoms with Crippen molar-refractivity contribution in [2.24, 2.45) is 0 Å². The second kappa shape index (κ2) is 4.22. The fourth-order valence-electron chi connectivity index (χ4n) is 1.69. The van der Waals surface area contributed by atoms with E-state index in [0.717, 1.165) is 11.0 Å². The Labute approximate surface area is 103 Å². The first-order valence-electron chi connectivity index (χ1n) is 5.37. The van der Waals surface area contributed by atoms with E-state index in [-0.39, 0.29) is 0 Å². The molecular formula is C14H8N2O2. The van der Waals surface area contributed by atoms with Crippen LogP contribution >= 0.6 is 0 Å². The fraction of sp³-hybridized carbons (Fsp3) is 0. The predicted octanol–water partition coefficient (Wildman–Crippen LogP) is 3.49. The minimum atomic E-state index is 0.469. The summed E-state index contributed by atoms with van der Waals surface area (Å²) in [6, 6.07) is 12.6. The van der Waals surface area contributed by atoms with E-state index < -0.39 is 0 Å². The molecule has 1 aromatic carbocycles. The number of fused-ring (bicyclic) bond motifs is 1. The number of nitrogens with zero attached hydrogens (tertiary/aromatic N) is 2. The van der Waals surface area contributed by atoms with Crippen LogP contribution in [-0.4, -0.2) is 4.98 Å². The molecule has 2 heterocycles. The lowest BCUT2D eigenvalue weighted by molar-refractivity contribution is 0.468. The number of benzene rings is 1. The third kappa shape index (κ3) is 1.78. The van der Waals surface area contributed by atoms with Gasteiger partial charge in [0, 0.05) is 6.20 Å². The zero-order valence-corrected chi connectivity index (χ0v) is 9.33. The largest absolute Gasteiger partial charge is 0.464 e. The number of nitriles is 1. The molecule has 0 aliphatic heterocycles. The van der Waals surface area contributed by atoms with Gasteiger partial charge in [-0.3, -0.25) is 0 Å². The second-order valence-electron chi connectivity index (χ2n) is 3.69. The Balaban J connectivity index is 2.01. The van der Waals surface area contributed by atoms with Gasteiger partial charge in [0.25, 0.3) is 0 Å². The molecule has 0 N–H and O–H groups in total. The monoisotopic (exact) mass is 236 g/mol. The molecule has 0 unspecified atom stereocenters. The highest BCUT2D eigenvalue weighted by Crippen LogP contribution is 2.28. The Kier molecular flexibility index (Phi) is 2.43. The summed E-state index contributed by atoms with van der Waals surface area (Å²) in [6.45, 7) is 0. The average Bonchev–Trinajstić information content (AvgIpc) is 2.88. The summed E-state index contributed by atoms with van der Waals surface area (Å²) in [4.78, 5) is 4.16. The molecule has 0 aliphatic carbocycles. The molecule has 86 valence electrons. The van der Waals surface area contributed by atoms with Crippen LogP contribution in [0.1, 0.15) is 5.56 Å². The Morgan fingerprint density at radius 2 is 2.17 bits per heavy atom. The molecule has 2 aromatic heterocycles. The van der Waals surface area contributed by atoms with Gasteiger partial charge in [-0.25, -0.2) is 4.98 Å². The molecular weight excluding hydrogens is 228 g/mol. The quantitative estimate of drug-likeness (QED) is 0.683. The molecule has 18 heavy (non-hydrogen) atoms. The summed E-state index contributed by atoms with van der Waals surface area (Å²) < 4.78 is 10.9. The molecule has 3 rings (SSSR count). The molecule has 0 aliphatic rings. The van der Waals surface area contributed by atoms with Gasteiger partial charge in [-0.05, 0) is 30.3 Å². The van der Waals surface area contributed by atoms with Crippen molar-refractivity contribution in [2.45, 2.75) is 0 Å². The maximum atomic E-state index is 8.83. The number of hydrogen-bond donors (Lipinski definition) is 0. The van der Waals surface area contributed by atoms with E-state index in [0.29, 0.717) is 17.2 Å². The molecule has 4 nitrogen and oxygen atoms in total. The van der Waals surface area contributed by atoms with Crippen molar-refractivity contribution >= 4 is 11.0 Å². The van der Waals surface area contributed by atoms with Gasteiger partial charge in [0.15, 0.2) is 0 Å². The SMILES string of the molecule is N#Cc1cccc(Oc2nccc3occc23)c1. The van der Waals surface area contributed by atoms with Crippen LogP contribution in [-0.2, 0) is 0 Å². The van der Waals surface area contributed by atoms with Crippen LogP contribution in [0.3, 0.4) is 0 Å². The first kappa shape index (κ1) is 10.4. The van der Waals surface area contributed by atoms with E-state index in [1.54, 1.807) is 48.9 Å². The van der Waals surface area contributed by atoms with Gasteiger partial charge in [0.1, 0.15) is 11.3 Å². The van der Waals surface area contributed by atoms with E-state index in [9.17, 15) is 0 Å². The van der Waals surface area contributed by atoms with Gasteiger partial charge in [0.2, 0.25) is 5.88 Å². The smallest absolute Gasteiger partial charge is 0.230 e. The first-order valence-corrected chi connectivity index (χ1v) is 5.37. The molecule has 0 saturated carbocycles. The highest BCUT2D eigenvalue weighted by atomic mass is 16.5. The lowest BCUT2D eigenvalue weighted by Gasteiger charge is -2.05. The van der Waals surface area contributed by atoms with Crippen LogP contribution in [0.25, 0.3) is 11.0 Å². The molecule has 0 spiro atoms. The van der Waals surface area contributed by atoms with Crippen molar-refractivity contribution in [1.29, 1.82) is 5.26 Å². The third-order valence-corrected chi connectivity index (χ3v) is 2.52. The first-order chi connectivity index (χ1) is 8.86. The van der Waals surface area contributed by atoms with Crippen molar-refractivity contribution in [1.82, 2.24) is 4.98 Å². The molecule has 4 heteroatoms. The molecule has 0 bridgehead atoms. The zero-order valence-electron chi connectivity index (χ0n) is 9.33. The van der Waals surface area contributed by atoms with Crippen LogP contribution in [0.5, 0.6) is 11.6 Å². The van der Waals surface area contributed by atoms with Crippen LogP contribution in [0.2, 0.25) is 0 Å². The third-order valence-electron chi connectivity index (χ3n) is 2.52. The normalized spacial score (nSPS) is 10.2. The van der Waals surface area contributed by atoms with Gasteiger partial charge in [0.05, 0.1) is 23.3 Å². The Bertz CT molecular complexity index is 741. The maximum absolute atomic E-state index is 8.83. The van der Waals surface area contributed by atoms with Crippen molar-refractivity contribution in [2.75, 3.05) is 0 Å². The van der Waals surface area contributed by atoms with E-state index in [4.69, 9.17) is 14.4 Å². The Morgan fingerprint density at radius 1 is 1.22 bits per heavy atom. The summed E-state index contributed by atoms with van der Waals surface area (Å²) in [6.07, 6.45) is 3.21. The van der Waals surface area contributed by atoms with Crippen molar-refractivity contribution < 1.29 is 9.15 Å². The summed E-state index contributed by atoms with van der Waals surface area (Å²) in [5, 5.41) is 9.64. The summed E-state index contributed by atoms with van der Waals surface area (Å²) in [5.41, 5.74) is 1.27. The van der Waals surface area contributed by atoms with Crippen LogP contribution in [0, 0.1) is 11.3 Å². The molecule has 0 fully saturated rings. The number of rotatable bonds is 2. The van der Waals surface area contributed by atoms with Crippen molar-refractivity contribution in [3.05, 3.63) is 54.4 Å². The van der Waals surface area contributed by atoms with Crippen molar-refractivity contribution in [3.63, 3.8) is 0 Å². The minimum Gasteiger partial charge on any atom is -0.464 e. The van der Waals surface area contributed by atoms with Crippen LogP contribution in [0.4, 0.5) is 0 Å². The lowest BCUT2D eigenvalue weighted by atomic mass is 10.2. The number of aromatic nitrogens is 1. The molecule has 0 atom stereocenters. The van der Waals surface area contributed by atoms with Gasteiger partial charge in [-0.1, -0.05) is 6.07 Å². The molecule has 0 saturated heterocycles. The maximum Gasteiger partial charge on any atom is 0.230 e. The number of hydrogen-bond acceptors (Lipinski definition) is 4. The molecule has 0 radical (unpaired) electrons. The molecule has 3 aromatic rings.